The summed E-state index contributed by atoms with van der Waals surface area (Å²) < 4.78 is 5.46. The Labute approximate surface area is 115 Å². The maximum atomic E-state index is 5.46. The van der Waals surface area contributed by atoms with Crippen molar-refractivity contribution in [2.75, 3.05) is 12.4 Å². The highest BCUT2D eigenvalue weighted by Crippen LogP contribution is 2.59. The van der Waals surface area contributed by atoms with Crippen LogP contribution in [0.5, 0.6) is 5.75 Å². The number of hydrogen-bond donors (Lipinski definition) is 1. The fourth-order valence-electron chi connectivity index (χ4n) is 5.20. The van der Waals surface area contributed by atoms with Gasteiger partial charge in [0.05, 0.1) is 12.8 Å². The summed E-state index contributed by atoms with van der Waals surface area (Å²) >= 11 is 0. The van der Waals surface area contributed by atoms with Crippen molar-refractivity contribution in [1.82, 2.24) is 0 Å². The van der Waals surface area contributed by atoms with Gasteiger partial charge in [-0.05, 0) is 61.5 Å². The second-order valence-electron chi connectivity index (χ2n) is 6.61. The van der Waals surface area contributed by atoms with Gasteiger partial charge in [0.25, 0.3) is 0 Å². The molecular weight excluding hydrogens is 234 g/mol. The summed E-state index contributed by atoms with van der Waals surface area (Å²) in [7, 11) is 1.76. The van der Waals surface area contributed by atoms with Crippen LogP contribution in [0.3, 0.4) is 0 Å². The lowest BCUT2D eigenvalue weighted by Gasteiger charge is -2.33. The minimum absolute atomic E-state index is 0.681. The van der Waals surface area contributed by atoms with E-state index < -0.39 is 0 Å². The molecule has 2 bridgehead atoms. The summed E-state index contributed by atoms with van der Waals surface area (Å²) in [5.41, 5.74) is 1.18. The van der Waals surface area contributed by atoms with Gasteiger partial charge in [0.2, 0.25) is 0 Å². The molecule has 0 saturated heterocycles. The number of benzene rings is 1. The smallest absolute Gasteiger partial charge is 0.141 e. The van der Waals surface area contributed by atoms with Gasteiger partial charge in [-0.1, -0.05) is 18.6 Å². The van der Waals surface area contributed by atoms with Crippen molar-refractivity contribution in [1.29, 1.82) is 0 Å². The van der Waals surface area contributed by atoms with Crippen LogP contribution in [-0.2, 0) is 0 Å². The van der Waals surface area contributed by atoms with Crippen molar-refractivity contribution >= 4 is 5.69 Å². The molecule has 3 fully saturated rings. The van der Waals surface area contributed by atoms with Crippen LogP contribution in [0.1, 0.15) is 32.1 Å². The van der Waals surface area contributed by atoms with Crippen LogP contribution in [0.4, 0.5) is 5.69 Å². The molecule has 0 aromatic heterocycles. The molecule has 2 nitrogen and oxygen atoms in total. The SMILES string of the molecule is COc1ccccc1NC1CC2CC1C1CCCC21. The summed E-state index contributed by atoms with van der Waals surface area (Å²) in [6, 6.07) is 9.01. The van der Waals surface area contributed by atoms with Gasteiger partial charge in [0, 0.05) is 6.04 Å². The van der Waals surface area contributed by atoms with Gasteiger partial charge >= 0.3 is 0 Å². The molecule has 3 aliphatic rings. The molecule has 0 heterocycles. The van der Waals surface area contributed by atoms with E-state index in [-0.39, 0.29) is 0 Å². The maximum absolute atomic E-state index is 5.46. The molecule has 5 atom stereocenters. The Kier molecular flexibility index (Phi) is 2.71. The normalized spacial score (nSPS) is 39.3. The number of fused-ring (bicyclic) bond motifs is 5. The predicted molar refractivity (Wildman–Crippen MR) is 77.4 cm³/mol. The van der Waals surface area contributed by atoms with E-state index in [0.717, 1.165) is 29.4 Å². The first kappa shape index (κ1) is 11.6. The summed E-state index contributed by atoms with van der Waals surface area (Å²) in [6.45, 7) is 0. The lowest BCUT2D eigenvalue weighted by atomic mass is 9.79. The Morgan fingerprint density at radius 3 is 2.79 bits per heavy atom. The highest BCUT2D eigenvalue weighted by Gasteiger charge is 2.53. The number of para-hydroxylation sites is 2. The van der Waals surface area contributed by atoms with Crippen molar-refractivity contribution in [3.63, 3.8) is 0 Å². The molecule has 5 unspecified atom stereocenters. The number of hydrogen-bond acceptors (Lipinski definition) is 2. The van der Waals surface area contributed by atoms with E-state index in [1.807, 2.05) is 12.1 Å². The van der Waals surface area contributed by atoms with Gasteiger partial charge in [0.15, 0.2) is 0 Å². The highest BCUT2D eigenvalue weighted by molar-refractivity contribution is 5.57. The first-order chi connectivity index (χ1) is 9.36. The zero-order valence-corrected chi connectivity index (χ0v) is 11.6. The maximum Gasteiger partial charge on any atom is 0.141 e. The average molecular weight is 257 g/mol. The van der Waals surface area contributed by atoms with Crippen LogP contribution in [0.25, 0.3) is 0 Å². The number of anilines is 1. The van der Waals surface area contributed by atoms with Crippen molar-refractivity contribution in [2.24, 2.45) is 23.7 Å². The zero-order chi connectivity index (χ0) is 12.8. The standard InChI is InChI=1S/C17H23NO/c1-19-17-8-3-2-7-15(17)18-16-10-11-9-14(16)13-6-4-5-12(11)13/h2-3,7-8,11-14,16,18H,4-6,9-10H2,1H3. The van der Waals surface area contributed by atoms with E-state index in [1.165, 1.54) is 37.8 Å². The molecule has 4 rings (SSSR count). The van der Waals surface area contributed by atoms with E-state index in [9.17, 15) is 0 Å². The van der Waals surface area contributed by atoms with Crippen LogP contribution >= 0.6 is 0 Å². The second kappa shape index (κ2) is 4.43. The Balaban J connectivity index is 1.53. The topological polar surface area (TPSA) is 21.3 Å². The Morgan fingerprint density at radius 2 is 1.89 bits per heavy atom. The fourth-order valence-corrected chi connectivity index (χ4v) is 5.20. The van der Waals surface area contributed by atoms with Crippen molar-refractivity contribution < 1.29 is 4.74 Å². The van der Waals surface area contributed by atoms with Crippen molar-refractivity contribution in [2.45, 2.75) is 38.1 Å². The molecule has 1 aromatic carbocycles. The molecule has 3 aliphatic carbocycles. The second-order valence-corrected chi connectivity index (χ2v) is 6.61. The van der Waals surface area contributed by atoms with E-state index in [2.05, 4.69) is 17.4 Å². The van der Waals surface area contributed by atoms with Crippen molar-refractivity contribution in [3.8, 4) is 5.75 Å². The summed E-state index contributed by atoms with van der Waals surface area (Å²) in [5.74, 6) is 4.99. The van der Waals surface area contributed by atoms with Gasteiger partial charge < -0.3 is 10.1 Å². The first-order valence-electron chi connectivity index (χ1n) is 7.76. The number of methoxy groups -OCH3 is 1. The summed E-state index contributed by atoms with van der Waals surface area (Å²) in [6.07, 6.45) is 7.32. The Hall–Kier alpha value is -1.18. The largest absolute Gasteiger partial charge is 0.495 e. The molecule has 1 aromatic rings. The van der Waals surface area contributed by atoms with Crippen LogP contribution in [-0.4, -0.2) is 13.2 Å². The van der Waals surface area contributed by atoms with Gasteiger partial charge in [-0.25, -0.2) is 0 Å². The average Bonchev–Trinajstić information content (AvgIpc) is 3.11. The van der Waals surface area contributed by atoms with E-state index in [4.69, 9.17) is 4.74 Å². The molecular formula is C17H23NO. The molecule has 0 radical (unpaired) electrons. The van der Waals surface area contributed by atoms with Crippen LogP contribution in [0.2, 0.25) is 0 Å². The lowest BCUT2D eigenvalue weighted by molar-refractivity contribution is 0.243. The predicted octanol–water partition coefficient (Wildman–Crippen LogP) is 3.93. The molecule has 0 amide bonds. The van der Waals surface area contributed by atoms with E-state index in [1.54, 1.807) is 7.11 Å². The van der Waals surface area contributed by atoms with Gasteiger partial charge in [-0.15, -0.1) is 0 Å². The summed E-state index contributed by atoms with van der Waals surface area (Å²) in [4.78, 5) is 0. The van der Waals surface area contributed by atoms with E-state index >= 15 is 0 Å². The van der Waals surface area contributed by atoms with Gasteiger partial charge in [-0.3, -0.25) is 0 Å². The van der Waals surface area contributed by atoms with Crippen LogP contribution < -0.4 is 10.1 Å². The van der Waals surface area contributed by atoms with Crippen molar-refractivity contribution in [3.05, 3.63) is 24.3 Å². The lowest BCUT2D eigenvalue weighted by Crippen LogP contribution is -2.33. The van der Waals surface area contributed by atoms with Gasteiger partial charge in [-0.2, -0.15) is 0 Å². The number of ether oxygens (including phenoxy) is 1. The highest BCUT2D eigenvalue weighted by atomic mass is 16.5. The molecule has 102 valence electrons. The fraction of sp³-hybridized carbons (Fsp3) is 0.647. The van der Waals surface area contributed by atoms with Crippen LogP contribution in [0.15, 0.2) is 24.3 Å². The number of nitrogens with one attached hydrogen (secondary N) is 1. The van der Waals surface area contributed by atoms with E-state index in [0.29, 0.717) is 6.04 Å². The molecule has 3 saturated carbocycles. The third-order valence-corrected chi connectivity index (χ3v) is 5.88. The van der Waals surface area contributed by atoms with Gasteiger partial charge in [0.1, 0.15) is 5.75 Å². The quantitative estimate of drug-likeness (QED) is 0.885. The summed E-state index contributed by atoms with van der Waals surface area (Å²) in [5, 5.41) is 3.78. The molecule has 0 spiro atoms. The Bertz CT molecular complexity index is 472. The monoisotopic (exact) mass is 257 g/mol. The molecule has 0 aliphatic heterocycles. The Morgan fingerprint density at radius 1 is 1.05 bits per heavy atom. The molecule has 1 N–H and O–H groups in total. The zero-order valence-electron chi connectivity index (χ0n) is 11.6. The third kappa shape index (κ3) is 1.76. The molecule has 19 heavy (non-hydrogen) atoms. The minimum Gasteiger partial charge on any atom is -0.495 e. The first-order valence-corrected chi connectivity index (χ1v) is 7.76. The van der Waals surface area contributed by atoms with Crippen LogP contribution in [0, 0.1) is 23.7 Å². The number of rotatable bonds is 3. The molecule has 2 heteroatoms. The third-order valence-electron chi connectivity index (χ3n) is 5.88. The minimum atomic E-state index is 0.681.